The van der Waals surface area contributed by atoms with E-state index in [4.69, 9.17) is 33.7 Å². The molecule has 0 aliphatic heterocycles. The van der Waals surface area contributed by atoms with E-state index in [0.29, 0.717) is 26.7 Å². The lowest BCUT2D eigenvalue weighted by Crippen LogP contribution is -2.05. The average Bonchev–Trinajstić information content (AvgIpc) is 3.15. The molecule has 30 heavy (non-hydrogen) atoms. The van der Waals surface area contributed by atoms with E-state index in [-0.39, 0.29) is 21.6 Å². The number of fused-ring (bicyclic) bond motifs is 1. The van der Waals surface area contributed by atoms with Crippen molar-refractivity contribution in [1.29, 1.82) is 0 Å². The van der Waals surface area contributed by atoms with Crippen LogP contribution in [0.25, 0.3) is 10.9 Å². The summed E-state index contributed by atoms with van der Waals surface area (Å²) in [6.07, 6.45) is 1.48. The normalized spacial score (nSPS) is 12.8. The molecule has 1 heterocycles. The minimum atomic E-state index is -3.70. The van der Waals surface area contributed by atoms with Crippen molar-refractivity contribution in [3.63, 3.8) is 0 Å². The highest BCUT2D eigenvalue weighted by atomic mass is 35.5. The van der Waals surface area contributed by atoms with E-state index in [9.17, 15) is 8.42 Å². The fraction of sp³-hybridized carbons (Fsp3) is 0.0909. The summed E-state index contributed by atoms with van der Waals surface area (Å²) in [5.74, 6) is 0.689. The first-order valence-electron chi connectivity index (χ1n) is 9.11. The van der Waals surface area contributed by atoms with E-state index in [0.717, 1.165) is 5.56 Å². The summed E-state index contributed by atoms with van der Waals surface area (Å²) in [4.78, 5) is 3.38. The topological polar surface area (TPSA) is 85.2 Å². The SMILES string of the molecule is C[C@H](N)c1cc(Cl)c(Oc2ccc3[nH]cc(S(=O)(=O)c4ccccc4)c3c2)c(Cl)c1. The van der Waals surface area contributed by atoms with Gasteiger partial charge < -0.3 is 15.5 Å². The average molecular weight is 461 g/mol. The number of hydrogen-bond acceptors (Lipinski definition) is 4. The molecule has 0 bridgehead atoms. The maximum absolute atomic E-state index is 13.1. The molecule has 1 aromatic heterocycles. The van der Waals surface area contributed by atoms with Gasteiger partial charge in [-0.15, -0.1) is 0 Å². The fourth-order valence-corrected chi connectivity index (χ4v) is 5.17. The van der Waals surface area contributed by atoms with Crippen molar-refractivity contribution in [3.8, 4) is 11.5 Å². The highest BCUT2D eigenvalue weighted by Crippen LogP contribution is 2.39. The molecule has 4 aromatic rings. The lowest BCUT2D eigenvalue weighted by Gasteiger charge is -2.13. The van der Waals surface area contributed by atoms with Crippen molar-refractivity contribution in [2.75, 3.05) is 0 Å². The number of H-pyrrole nitrogens is 1. The van der Waals surface area contributed by atoms with Crippen LogP contribution in [0, 0.1) is 0 Å². The van der Waals surface area contributed by atoms with Crippen LogP contribution in [0.4, 0.5) is 0 Å². The van der Waals surface area contributed by atoms with E-state index in [1.807, 2.05) is 6.92 Å². The first-order valence-corrected chi connectivity index (χ1v) is 11.3. The van der Waals surface area contributed by atoms with E-state index in [1.54, 1.807) is 60.7 Å². The van der Waals surface area contributed by atoms with Crippen LogP contribution in [0.15, 0.2) is 76.7 Å². The molecule has 154 valence electrons. The second-order valence-electron chi connectivity index (χ2n) is 6.88. The first kappa shape index (κ1) is 20.8. The van der Waals surface area contributed by atoms with Crippen LogP contribution in [0.1, 0.15) is 18.5 Å². The Bertz CT molecular complexity index is 1310. The summed E-state index contributed by atoms with van der Waals surface area (Å²) in [6.45, 7) is 1.83. The van der Waals surface area contributed by atoms with Gasteiger partial charge in [0.25, 0.3) is 0 Å². The molecule has 0 aliphatic rings. The van der Waals surface area contributed by atoms with Crippen molar-refractivity contribution < 1.29 is 13.2 Å². The summed E-state index contributed by atoms with van der Waals surface area (Å²) >= 11 is 12.7. The predicted octanol–water partition coefficient (Wildman–Crippen LogP) is 6.12. The fourth-order valence-electron chi connectivity index (χ4n) is 3.14. The van der Waals surface area contributed by atoms with Gasteiger partial charge in [0.05, 0.1) is 19.8 Å². The molecular formula is C22H18Cl2N2O3S. The molecule has 3 aromatic carbocycles. The predicted molar refractivity (Wildman–Crippen MR) is 119 cm³/mol. The number of halogens is 2. The summed E-state index contributed by atoms with van der Waals surface area (Å²) < 4.78 is 32.1. The lowest BCUT2D eigenvalue weighted by atomic mass is 10.1. The third kappa shape index (κ3) is 3.79. The molecule has 8 heteroatoms. The van der Waals surface area contributed by atoms with Gasteiger partial charge in [0.2, 0.25) is 9.84 Å². The molecular weight excluding hydrogens is 443 g/mol. The molecule has 0 spiro atoms. The second-order valence-corrected chi connectivity index (χ2v) is 9.61. The van der Waals surface area contributed by atoms with Crippen LogP contribution in [0.5, 0.6) is 11.5 Å². The maximum Gasteiger partial charge on any atom is 0.208 e. The molecule has 4 rings (SSSR count). The third-order valence-electron chi connectivity index (χ3n) is 4.72. The van der Waals surface area contributed by atoms with Crippen LogP contribution < -0.4 is 10.5 Å². The Hall–Kier alpha value is -2.51. The van der Waals surface area contributed by atoms with Gasteiger partial charge in [-0.05, 0) is 55.0 Å². The van der Waals surface area contributed by atoms with Crippen molar-refractivity contribution in [3.05, 3.63) is 82.5 Å². The number of benzene rings is 3. The Balaban J connectivity index is 1.76. The molecule has 0 saturated heterocycles. The monoisotopic (exact) mass is 460 g/mol. The summed E-state index contributed by atoms with van der Waals surface area (Å²) in [6, 6.07) is 16.5. The smallest absolute Gasteiger partial charge is 0.208 e. The van der Waals surface area contributed by atoms with Crippen molar-refractivity contribution >= 4 is 43.9 Å². The zero-order chi connectivity index (χ0) is 21.5. The van der Waals surface area contributed by atoms with E-state index in [1.165, 1.54) is 6.20 Å². The summed E-state index contributed by atoms with van der Waals surface area (Å²) in [5, 5.41) is 1.15. The Morgan fingerprint density at radius 1 is 1.00 bits per heavy atom. The van der Waals surface area contributed by atoms with Crippen molar-refractivity contribution in [2.45, 2.75) is 22.8 Å². The molecule has 3 N–H and O–H groups in total. The number of nitrogens with one attached hydrogen (secondary N) is 1. The number of rotatable bonds is 5. The van der Waals surface area contributed by atoms with E-state index < -0.39 is 9.84 Å². The number of aromatic nitrogens is 1. The largest absolute Gasteiger partial charge is 0.454 e. The van der Waals surface area contributed by atoms with Crippen LogP contribution >= 0.6 is 23.2 Å². The standard InChI is InChI=1S/C22H18Cl2N2O3S/c1-13(25)14-9-18(23)22(19(24)10-14)29-15-7-8-20-17(11-15)21(12-26-20)30(27,28)16-5-3-2-4-6-16/h2-13,26H,25H2,1H3/t13-/m0/s1. The second kappa shape index (κ2) is 7.96. The Morgan fingerprint density at radius 3 is 2.30 bits per heavy atom. The van der Waals surface area contributed by atoms with Gasteiger partial charge in [-0.25, -0.2) is 8.42 Å². The molecule has 0 saturated carbocycles. The van der Waals surface area contributed by atoms with Crippen LogP contribution in [-0.2, 0) is 9.84 Å². The van der Waals surface area contributed by atoms with Crippen molar-refractivity contribution in [1.82, 2.24) is 4.98 Å². The van der Waals surface area contributed by atoms with Crippen LogP contribution in [0.3, 0.4) is 0 Å². The molecule has 5 nitrogen and oxygen atoms in total. The minimum Gasteiger partial charge on any atom is -0.454 e. The number of sulfone groups is 1. The highest BCUT2D eigenvalue weighted by Gasteiger charge is 2.22. The Labute approximate surface area is 184 Å². The zero-order valence-electron chi connectivity index (χ0n) is 15.9. The Morgan fingerprint density at radius 2 is 1.67 bits per heavy atom. The number of hydrogen-bond donors (Lipinski definition) is 2. The van der Waals surface area contributed by atoms with Gasteiger partial charge in [0.15, 0.2) is 5.75 Å². The molecule has 0 aliphatic carbocycles. The van der Waals surface area contributed by atoms with Gasteiger partial charge in [-0.1, -0.05) is 41.4 Å². The van der Waals surface area contributed by atoms with Gasteiger partial charge in [0, 0.05) is 23.1 Å². The van der Waals surface area contributed by atoms with E-state index in [2.05, 4.69) is 4.98 Å². The number of ether oxygens (including phenoxy) is 1. The lowest BCUT2D eigenvalue weighted by molar-refractivity contribution is 0.483. The van der Waals surface area contributed by atoms with Crippen LogP contribution in [0.2, 0.25) is 10.0 Å². The van der Waals surface area contributed by atoms with E-state index >= 15 is 0 Å². The highest BCUT2D eigenvalue weighted by molar-refractivity contribution is 7.91. The van der Waals surface area contributed by atoms with Crippen molar-refractivity contribution in [2.24, 2.45) is 5.73 Å². The van der Waals surface area contributed by atoms with Gasteiger partial charge >= 0.3 is 0 Å². The molecule has 0 radical (unpaired) electrons. The molecule has 0 amide bonds. The first-order chi connectivity index (χ1) is 14.3. The molecule has 1 atom stereocenters. The Kier molecular flexibility index (Phi) is 5.51. The summed E-state index contributed by atoms with van der Waals surface area (Å²) in [7, 11) is -3.70. The van der Waals surface area contributed by atoms with Gasteiger partial charge in [-0.3, -0.25) is 0 Å². The maximum atomic E-state index is 13.1. The quantitative estimate of drug-likeness (QED) is 0.375. The zero-order valence-corrected chi connectivity index (χ0v) is 18.2. The third-order valence-corrected chi connectivity index (χ3v) is 7.10. The minimum absolute atomic E-state index is 0.165. The number of nitrogens with two attached hydrogens (primary N) is 1. The van der Waals surface area contributed by atoms with Gasteiger partial charge in [0.1, 0.15) is 5.75 Å². The van der Waals surface area contributed by atoms with Gasteiger partial charge in [-0.2, -0.15) is 0 Å². The molecule has 0 fully saturated rings. The van der Waals surface area contributed by atoms with Crippen LogP contribution in [-0.4, -0.2) is 13.4 Å². The molecule has 0 unspecified atom stereocenters. The number of aromatic amines is 1. The summed E-state index contributed by atoms with van der Waals surface area (Å²) in [5.41, 5.74) is 7.35.